The lowest BCUT2D eigenvalue weighted by molar-refractivity contribution is -0.133. The van der Waals surface area contributed by atoms with E-state index in [0.29, 0.717) is 22.3 Å². The van der Waals surface area contributed by atoms with Crippen LogP contribution in [0.2, 0.25) is 0 Å². The minimum Gasteiger partial charge on any atom is -0.366 e. The second-order valence-electron chi connectivity index (χ2n) is 6.75. The van der Waals surface area contributed by atoms with Gasteiger partial charge in [0.25, 0.3) is 5.91 Å². The molecule has 0 spiro atoms. The molecule has 3 amide bonds. The summed E-state index contributed by atoms with van der Waals surface area (Å²) in [5.74, 6) is -1.14. The average molecular weight is 367 g/mol. The van der Waals surface area contributed by atoms with Gasteiger partial charge in [0.2, 0.25) is 11.8 Å². The van der Waals surface area contributed by atoms with Crippen molar-refractivity contribution >= 4 is 17.7 Å². The van der Waals surface area contributed by atoms with E-state index in [0.717, 1.165) is 0 Å². The molecule has 2 aromatic rings. The molecule has 3 N–H and O–H groups in total. The lowest BCUT2D eigenvalue weighted by Crippen LogP contribution is -2.43. The lowest BCUT2D eigenvalue weighted by atomic mass is 10.0. The lowest BCUT2D eigenvalue weighted by Gasteiger charge is -2.27. The molecule has 0 radical (unpaired) electrons. The molecule has 0 aromatic heterocycles. The first-order valence-electron chi connectivity index (χ1n) is 8.75. The topological polar surface area (TPSA) is 92.5 Å². The molecule has 142 valence electrons. The van der Waals surface area contributed by atoms with E-state index in [9.17, 15) is 14.4 Å². The number of hydrogen-bond acceptors (Lipinski definition) is 3. The summed E-state index contributed by atoms with van der Waals surface area (Å²) in [6.45, 7) is 5.53. The Labute approximate surface area is 159 Å². The van der Waals surface area contributed by atoms with Gasteiger partial charge in [-0.1, -0.05) is 30.3 Å². The number of nitrogens with two attached hydrogens (primary N) is 1. The van der Waals surface area contributed by atoms with Gasteiger partial charge in [0.15, 0.2) is 0 Å². The van der Waals surface area contributed by atoms with Crippen LogP contribution in [0.5, 0.6) is 0 Å². The number of nitrogens with one attached hydrogen (secondary N) is 1. The maximum atomic E-state index is 12.9. The Morgan fingerprint density at radius 1 is 1.04 bits per heavy atom. The van der Waals surface area contributed by atoms with Gasteiger partial charge < -0.3 is 16.0 Å². The minimum absolute atomic E-state index is 0.00212. The average Bonchev–Trinajstić information content (AvgIpc) is 2.64. The molecule has 27 heavy (non-hydrogen) atoms. The van der Waals surface area contributed by atoms with E-state index < -0.39 is 17.9 Å². The van der Waals surface area contributed by atoms with Gasteiger partial charge in [0.1, 0.15) is 6.04 Å². The fraction of sp³-hybridized carbons (Fsp3) is 0.286. The molecule has 0 bridgehead atoms. The third-order valence-corrected chi connectivity index (χ3v) is 4.53. The number of carbonyl (C=O) groups excluding carboxylic acids is 3. The van der Waals surface area contributed by atoms with E-state index in [1.54, 1.807) is 37.1 Å². The van der Waals surface area contributed by atoms with E-state index >= 15 is 0 Å². The number of amides is 3. The highest BCUT2D eigenvalue weighted by Gasteiger charge is 2.27. The van der Waals surface area contributed by atoms with Crippen LogP contribution in [0.3, 0.4) is 0 Å². The summed E-state index contributed by atoms with van der Waals surface area (Å²) < 4.78 is 0. The molecule has 2 aromatic carbocycles. The van der Waals surface area contributed by atoms with Crippen molar-refractivity contribution in [2.24, 2.45) is 5.73 Å². The highest BCUT2D eigenvalue weighted by Crippen LogP contribution is 2.18. The quantitative estimate of drug-likeness (QED) is 0.821. The van der Waals surface area contributed by atoms with Crippen molar-refractivity contribution in [1.82, 2.24) is 10.2 Å². The molecule has 6 heteroatoms. The van der Waals surface area contributed by atoms with Crippen LogP contribution in [0.4, 0.5) is 0 Å². The molecule has 1 unspecified atom stereocenters. The number of rotatable bonds is 6. The summed E-state index contributed by atoms with van der Waals surface area (Å²) in [6.07, 6.45) is 0. The summed E-state index contributed by atoms with van der Waals surface area (Å²) in [7, 11) is 1.71. The Hall–Kier alpha value is -3.15. The van der Waals surface area contributed by atoms with E-state index in [2.05, 4.69) is 5.32 Å². The minimum atomic E-state index is -0.803. The maximum Gasteiger partial charge on any atom is 0.252 e. The van der Waals surface area contributed by atoms with Gasteiger partial charge in [0.05, 0.1) is 0 Å². The van der Waals surface area contributed by atoms with Crippen LogP contribution in [0, 0.1) is 6.92 Å². The fourth-order valence-corrected chi connectivity index (χ4v) is 2.69. The molecule has 0 aliphatic rings. The first-order valence-corrected chi connectivity index (χ1v) is 8.75. The van der Waals surface area contributed by atoms with Crippen LogP contribution < -0.4 is 11.1 Å². The van der Waals surface area contributed by atoms with Crippen molar-refractivity contribution in [3.8, 4) is 0 Å². The van der Waals surface area contributed by atoms with Crippen LogP contribution in [0.15, 0.2) is 48.5 Å². The Morgan fingerprint density at radius 2 is 1.67 bits per heavy atom. The molecule has 1 atom stereocenters. The zero-order valence-electron chi connectivity index (χ0n) is 16.0. The Bertz CT molecular complexity index is 847. The molecule has 0 fully saturated rings. The standard InChI is InChI=1S/C21H25N3O3/c1-13(2)24(4)21(27)18(15-8-6-5-7-9-15)23-20(26)16-10-11-17(19(22)25)14(3)12-16/h5-13,18H,1-4H3,(H2,22,25)(H,23,26). The number of likely N-dealkylation sites (N-methyl/N-ethyl adjacent to an activating group) is 1. The summed E-state index contributed by atoms with van der Waals surface area (Å²) in [6, 6.07) is 12.9. The third-order valence-electron chi connectivity index (χ3n) is 4.53. The predicted molar refractivity (Wildman–Crippen MR) is 104 cm³/mol. The van der Waals surface area contributed by atoms with Crippen molar-refractivity contribution in [1.29, 1.82) is 0 Å². The van der Waals surface area contributed by atoms with E-state index in [4.69, 9.17) is 5.73 Å². The smallest absolute Gasteiger partial charge is 0.252 e. The number of primary amides is 1. The highest BCUT2D eigenvalue weighted by atomic mass is 16.2. The molecule has 0 aliphatic carbocycles. The number of hydrogen-bond donors (Lipinski definition) is 2. The SMILES string of the molecule is Cc1cc(C(=O)NC(C(=O)N(C)C(C)C)c2ccccc2)ccc1C(N)=O. The van der Waals surface area contributed by atoms with Crippen LogP contribution in [-0.4, -0.2) is 35.7 Å². The van der Waals surface area contributed by atoms with E-state index in [1.165, 1.54) is 12.1 Å². The Morgan fingerprint density at radius 3 is 2.19 bits per heavy atom. The largest absolute Gasteiger partial charge is 0.366 e. The summed E-state index contributed by atoms with van der Waals surface area (Å²) >= 11 is 0. The zero-order chi connectivity index (χ0) is 20.1. The number of benzene rings is 2. The second kappa shape index (κ2) is 8.49. The highest BCUT2D eigenvalue weighted by molar-refractivity contribution is 6.00. The normalized spacial score (nSPS) is 11.7. The van der Waals surface area contributed by atoms with Crippen molar-refractivity contribution < 1.29 is 14.4 Å². The predicted octanol–water partition coefficient (Wildman–Crippen LogP) is 2.43. The summed E-state index contributed by atoms with van der Waals surface area (Å²) in [5, 5.41) is 2.81. The van der Waals surface area contributed by atoms with Crippen molar-refractivity contribution in [2.75, 3.05) is 7.05 Å². The molecule has 0 saturated carbocycles. The Kier molecular flexibility index (Phi) is 6.34. The second-order valence-corrected chi connectivity index (χ2v) is 6.75. The number of aryl methyl sites for hydroxylation is 1. The van der Waals surface area contributed by atoms with Crippen molar-refractivity contribution in [3.05, 3.63) is 70.8 Å². The molecule has 0 heterocycles. The van der Waals surface area contributed by atoms with Crippen LogP contribution in [0.25, 0.3) is 0 Å². The summed E-state index contributed by atoms with van der Waals surface area (Å²) in [5.41, 5.74) is 7.34. The summed E-state index contributed by atoms with van der Waals surface area (Å²) in [4.78, 5) is 38.6. The monoisotopic (exact) mass is 367 g/mol. The van der Waals surface area contributed by atoms with Gasteiger partial charge in [0, 0.05) is 24.2 Å². The van der Waals surface area contributed by atoms with Crippen LogP contribution in [0.1, 0.15) is 51.7 Å². The first-order chi connectivity index (χ1) is 12.7. The molecular formula is C21H25N3O3. The fourth-order valence-electron chi connectivity index (χ4n) is 2.69. The molecule has 6 nitrogen and oxygen atoms in total. The van der Waals surface area contributed by atoms with Gasteiger partial charge in [-0.15, -0.1) is 0 Å². The Balaban J connectivity index is 2.32. The molecular weight excluding hydrogens is 342 g/mol. The van der Waals surface area contributed by atoms with Gasteiger partial charge in [-0.3, -0.25) is 14.4 Å². The van der Waals surface area contributed by atoms with Crippen LogP contribution >= 0.6 is 0 Å². The molecule has 0 aliphatic heterocycles. The van der Waals surface area contributed by atoms with E-state index in [1.807, 2.05) is 32.0 Å². The zero-order valence-corrected chi connectivity index (χ0v) is 16.0. The van der Waals surface area contributed by atoms with E-state index in [-0.39, 0.29) is 11.9 Å². The third kappa shape index (κ3) is 4.73. The molecule has 0 saturated heterocycles. The van der Waals surface area contributed by atoms with Crippen molar-refractivity contribution in [2.45, 2.75) is 32.9 Å². The van der Waals surface area contributed by atoms with Gasteiger partial charge in [-0.25, -0.2) is 0 Å². The maximum absolute atomic E-state index is 12.9. The van der Waals surface area contributed by atoms with Gasteiger partial charge in [-0.05, 0) is 50.1 Å². The van der Waals surface area contributed by atoms with Gasteiger partial charge >= 0.3 is 0 Å². The molecule has 2 rings (SSSR count). The van der Waals surface area contributed by atoms with Crippen LogP contribution in [-0.2, 0) is 4.79 Å². The first kappa shape index (κ1) is 20.2. The number of nitrogens with zero attached hydrogens (tertiary/aromatic N) is 1. The number of carbonyl (C=O) groups is 3. The van der Waals surface area contributed by atoms with Gasteiger partial charge in [-0.2, -0.15) is 0 Å². The van der Waals surface area contributed by atoms with Crippen molar-refractivity contribution in [3.63, 3.8) is 0 Å².